The van der Waals surface area contributed by atoms with Crippen molar-refractivity contribution in [2.75, 3.05) is 6.61 Å². The molecule has 216 valence electrons. The van der Waals surface area contributed by atoms with Crippen molar-refractivity contribution in [1.82, 2.24) is 4.72 Å². The summed E-state index contributed by atoms with van der Waals surface area (Å²) in [4.78, 5) is 19.6. The van der Waals surface area contributed by atoms with Crippen molar-refractivity contribution in [3.8, 4) is 11.8 Å². The van der Waals surface area contributed by atoms with Gasteiger partial charge in [0.2, 0.25) is 0 Å². The number of unbranched alkanes of at least 4 members (excludes halogenated alkanes) is 1. The van der Waals surface area contributed by atoms with Crippen LogP contribution in [0.4, 0.5) is 13.2 Å². The van der Waals surface area contributed by atoms with Crippen molar-refractivity contribution in [2.45, 2.75) is 35.6 Å². The van der Waals surface area contributed by atoms with Gasteiger partial charge in [0.15, 0.2) is 12.4 Å². The average molecular weight is 627 g/mol. The number of nitriles is 1. The number of fused-ring (bicyclic) bond motifs is 1. The second kappa shape index (κ2) is 12.3. The van der Waals surface area contributed by atoms with E-state index in [1.165, 1.54) is 36.4 Å². The van der Waals surface area contributed by atoms with Crippen molar-refractivity contribution < 1.29 is 45.2 Å². The standard InChI is InChI=1S/C26H23F3N3O6PS2/c27-26(28,29)23-22-19(17-30)15-20(38-14-8-7-13-32-11-5-2-6-12-32)16-21(22)40-25(23)41(36,37)31-24(39(33,34)35)18-9-3-1-4-10-18/h1-6,9-12,15-16,24,31H,7-8,13-14H2,(H-,33,34,35)/p+1. The van der Waals surface area contributed by atoms with Gasteiger partial charge < -0.3 is 14.5 Å². The van der Waals surface area contributed by atoms with E-state index in [1.54, 1.807) is 10.8 Å². The van der Waals surface area contributed by atoms with E-state index in [0.29, 0.717) is 6.42 Å². The summed E-state index contributed by atoms with van der Waals surface area (Å²) in [6.45, 7) is 0.925. The zero-order valence-corrected chi connectivity index (χ0v) is 23.7. The molecule has 15 heteroatoms. The van der Waals surface area contributed by atoms with Gasteiger partial charge in [-0.2, -0.15) is 23.2 Å². The molecule has 2 heterocycles. The molecule has 1 atom stereocenters. The summed E-state index contributed by atoms with van der Waals surface area (Å²) in [5, 5.41) is 9.03. The minimum atomic E-state index is -5.21. The average Bonchev–Trinajstić information content (AvgIpc) is 3.33. The van der Waals surface area contributed by atoms with E-state index >= 15 is 0 Å². The molecule has 0 bridgehead atoms. The van der Waals surface area contributed by atoms with E-state index in [1.807, 2.05) is 35.2 Å². The molecule has 3 N–H and O–H groups in total. The Balaban J connectivity index is 1.67. The Morgan fingerprint density at radius 1 is 1.07 bits per heavy atom. The van der Waals surface area contributed by atoms with Crippen molar-refractivity contribution in [1.29, 1.82) is 5.26 Å². The lowest BCUT2D eigenvalue weighted by atomic mass is 10.1. The molecule has 2 aromatic heterocycles. The summed E-state index contributed by atoms with van der Waals surface area (Å²) in [7, 11) is -10.4. The van der Waals surface area contributed by atoms with Crippen molar-refractivity contribution in [2.24, 2.45) is 0 Å². The van der Waals surface area contributed by atoms with E-state index < -0.39 is 50.3 Å². The lowest BCUT2D eigenvalue weighted by Gasteiger charge is -2.20. The maximum absolute atomic E-state index is 14.3. The number of thiophene rings is 1. The lowest BCUT2D eigenvalue weighted by Crippen LogP contribution is -2.32. The molecule has 2 aromatic carbocycles. The van der Waals surface area contributed by atoms with Crippen LogP contribution in [0.5, 0.6) is 5.75 Å². The number of halogens is 3. The van der Waals surface area contributed by atoms with Crippen LogP contribution in [0.25, 0.3) is 10.1 Å². The number of benzene rings is 2. The van der Waals surface area contributed by atoms with Crippen molar-refractivity contribution in [3.05, 3.63) is 89.7 Å². The zero-order valence-electron chi connectivity index (χ0n) is 21.2. The van der Waals surface area contributed by atoms with E-state index in [0.717, 1.165) is 19.0 Å². The number of pyridine rings is 1. The van der Waals surface area contributed by atoms with Gasteiger partial charge in [0.05, 0.1) is 23.8 Å². The fraction of sp³-hybridized carbons (Fsp3) is 0.231. The Bertz CT molecular complexity index is 1720. The number of aryl methyl sites for hydroxylation is 1. The summed E-state index contributed by atoms with van der Waals surface area (Å²) >= 11 is 0.232. The molecule has 0 radical (unpaired) electrons. The monoisotopic (exact) mass is 626 g/mol. The Hall–Kier alpha value is -3.31. The van der Waals surface area contributed by atoms with Crippen molar-refractivity contribution >= 4 is 39.0 Å². The van der Waals surface area contributed by atoms with Crippen LogP contribution < -0.4 is 14.0 Å². The molecule has 0 saturated carbocycles. The molecule has 1 unspecified atom stereocenters. The van der Waals surface area contributed by atoms with E-state index in [9.17, 15) is 41.2 Å². The fourth-order valence-corrected chi connectivity index (χ4v) is 8.55. The first-order chi connectivity index (χ1) is 19.3. The number of sulfonamides is 1. The zero-order chi connectivity index (χ0) is 29.8. The molecule has 0 aliphatic heterocycles. The van der Waals surface area contributed by atoms with Crippen LogP contribution in [0.1, 0.15) is 35.3 Å². The number of nitrogens with zero attached hydrogens (tertiary/aromatic N) is 2. The first-order valence-corrected chi connectivity index (χ1v) is 16.1. The second-order valence-electron chi connectivity index (χ2n) is 8.91. The number of hydrogen-bond donors (Lipinski definition) is 3. The summed E-state index contributed by atoms with van der Waals surface area (Å²) in [5.74, 6) is -2.05. The fourth-order valence-electron chi connectivity index (χ4n) is 4.14. The van der Waals surface area contributed by atoms with Gasteiger partial charge >= 0.3 is 13.8 Å². The molecule has 4 rings (SSSR count). The van der Waals surface area contributed by atoms with Crippen LogP contribution in [0.3, 0.4) is 0 Å². The highest BCUT2D eigenvalue weighted by atomic mass is 32.2. The summed E-state index contributed by atoms with van der Waals surface area (Å²) in [6.07, 6.45) is -0.0466. The van der Waals surface area contributed by atoms with Crippen LogP contribution in [0.15, 0.2) is 77.3 Å². The number of ether oxygens (including phenoxy) is 1. The topological polar surface area (TPSA) is 141 Å². The Labute approximate surface area is 237 Å². The largest absolute Gasteiger partial charge is 0.493 e. The van der Waals surface area contributed by atoms with E-state index in [-0.39, 0.29) is 34.0 Å². The van der Waals surface area contributed by atoms with Gasteiger partial charge in [-0.15, -0.1) is 11.3 Å². The van der Waals surface area contributed by atoms with Gasteiger partial charge in [-0.25, -0.2) is 13.0 Å². The first-order valence-electron chi connectivity index (χ1n) is 12.1. The van der Waals surface area contributed by atoms with Crippen LogP contribution in [-0.2, 0) is 27.3 Å². The molecule has 4 aromatic rings. The minimum absolute atomic E-state index is 0.0886. The van der Waals surface area contributed by atoms with Gasteiger partial charge in [0.1, 0.15) is 22.3 Å². The summed E-state index contributed by atoms with van der Waals surface area (Å²) in [5.41, 5.74) is -2.18. The van der Waals surface area contributed by atoms with Crippen LogP contribution in [0.2, 0.25) is 0 Å². The Kier molecular flexibility index (Phi) is 9.18. The first kappa shape index (κ1) is 30.6. The predicted octanol–water partition coefficient (Wildman–Crippen LogP) is 5.09. The maximum Gasteiger partial charge on any atom is 0.419 e. The molecule has 0 fully saturated rings. The second-order valence-corrected chi connectivity index (χ2v) is 13.6. The Morgan fingerprint density at radius 3 is 2.34 bits per heavy atom. The van der Waals surface area contributed by atoms with Crippen molar-refractivity contribution in [3.63, 3.8) is 0 Å². The predicted molar refractivity (Wildman–Crippen MR) is 144 cm³/mol. The third kappa shape index (κ3) is 7.32. The lowest BCUT2D eigenvalue weighted by molar-refractivity contribution is -0.697. The third-order valence-corrected chi connectivity index (χ3v) is 10.3. The summed E-state index contributed by atoms with van der Waals surface area (Å²) < 4.78 is 89.6. The molecular formula is C26H24F3N3O6PS2+. The van der Waals surface area contributed by atoms with Gasteiger partial charge in [-0.1, -0.05) is 36.4 Å². The third-order valence-electron chi connectivity index (χ3n) is 5.96. The van der Waals surface area contributed by atoms with Gasteiger partial charge in [-0.05, 0) is 24.1 Å². The summed E-state index contributed by atoms with van der Waals surface area (Å²) in [6, 6.07) is 16.5. The Morgan fingerprint density at radius 2 is 1.73 bits per heavy atom. The molecule has 0 spiro atoms. The highest BCUT2D eigenvalue weighted by Gasteiger charge is 2.44. The van der Waals surface area contributed by atoms with E-state index in [2.05, 4.69) is 0 Å². The van der Waals surface area contributed by atoms with Crippen LogP contribution in [0, 0.1) is 11.3 Å². The number of aromatic nitrogens is 1. The number of hydrogen-bond acceptors (Lipinski definition) is 6. The maximum atomic E-state index is 14.3. The SMILES string of the molecule is N#Cc1cc(OCCCC[n+]2ccccc2)cc2sc(S(=O)(=O)NC(c3ccccc3)P(=O)(O)O)c(C(F)(F)F)c12. The highest BCUT2D eigenvalue weighted by Crippen LogP contribution is 2.52. The quantitative estimate of drug-likeness (QED) is 0.120. The number of rotatable bonds is 11. The molecule has 0 aliphatic rings. The minimum Gasteiger partial charge on any atom is -0.493 e. The van der Waals surface area contributed by atoms with Gasteiger partial charge in [0.25, 0.3) is 10.0 Å². The smallest absolute Gasteiger partial charge is 0.419 e. The molecule has 0 amide bonds. The van der Waals surface area contributed by atoms with Crippen LogP contribution in [-0.4, -0.2) is 24.8 Å². The normalized spacial score (nSPS) is 13.2. The molecular weight excluding hydrogens is 602 g/mol. The highest BCUT2D eigenvalue weighted by molar-refractivity contribution is 7.92. The number of alkyl halides is 3. The molecule has 41 heavy (non-hydrogen) atoms. The van der Waals surface area contributed by atoms with Gasteiger partial charge in [0, 0.05) is 28.6 Å². The molecule has 0 aliphatic carbocycles. The van der Waals surface area contributed by atoms with E-state index in [4.69, 9.17) is 4.74 Å². The molecule has 0 saturated heterocycles. The van der Waals surface area contributed by atoms with Crippen LogP contribution >= 0.6 is 18.9 Å². The van der Waals surface area contributed by atoms with Gasteiger partial charge in [-0.3, -0.25) is 4.57 Å². The number of nitrogens with one attached hydrogen (secondary N) is 1. The molecule has 9 nitrogen and oxygen atoms in total.